The molecule has 4 heteroatoms. The van der Waals surface area contributed by atoms with Crippen LogP contribution in [0.25, 0.3) is 0 Å². The number of nitrogens with one attached hydrogen (secondary N) is 1. The fourth-order valence-corrected chi connectivity index (χ4v) is 2.94. The molecule has 1 unspecified atom stereocenters. The highest BCUT2D eigenvalue weighted by atomic mass is 79.9. The standard InChI is InChI=1S/C10H16BrN3/c1-10(2)7(4-5-12-10)9-8(11)6-13-14(9)3/h6-7,12H,4-5H2,1-3H3. The zero-order valence-electron chi connectivity index (χ0n) is 8.84. The van der Waals surface area contributed by atoms with E-state index in [1.807, 2.05) is 17.9 Å². The molecular formula is C10H16BrN3. The first kappa shape index (κ1) is 10.2. The van der Waals surface area contributed by atoms with Crippen molar-refractivity contribution in [1.29, 1.82) is 0 Å². The van der Waals surface area contributed by atoms with E-state index >= 15 is 0 Å². The number of rotatable bonds is 1. The summed E-state index contributed by atoms with van der Waals surface area (Å²) in [6.07, 6.45) is 3.06. The average Bonchev–Trinajstić information content (AvgIpc) is 2.57. The summed E-state index contributed by atoms with van der Waals surface area (Å²) >= 11 is 3.57. The van der Waals surface area contributed by atoms with Gasteiger partial charge in [0.05, 0.1) is 16.4 Å². The molecule has 0 saturated carbocycles. The van der Waals surface area contributed by atoms with E-state index in [4.69, 9.17) is 0 Å². The zero-order chi connectivity index (χ0) is 10.3. The maximum Gasteiger partial charge on any atom is 0.0635 e. The number of aryl methyl sites for hydroxylation is 1. The van der Waals surface area contributed by atoms with Gasteiger partial charge < -0.3 is 5.32 Å². The molecular weight excluding hydrogens is 242 g/mol. The zero-order valence-corrected chi connectivity index (χ0v) is 10.4. The SMILES string of the molecule is Cn1ncc(Br)c1C1CCNC1(C)C. The molecule has 0 radical (unpaired) electrons. The maximum atomic E-state index is 4.27. The van der Waals surface area contributed by atoms with Gasteiger partial charge in [0, 0.05) is 18.5 Å². The molecule has 1 aromatic heterocycles. The summed E-state index contributed by atoms with van der Waals surface area (Å²) in [6.45, 7) is 5.60. The molecule has 14 heavy (non-hydrogen) atoms. The van der Waals surface area contributed by atoms with Gasteiger partial charge >= 0.3 is 0 Å². The van der Waals surface area contributed by atoms with E-state index in [2.05, 4.69) is 40.2 Å². The van der Waals surface area contributed by atoms with Crippen molar-refractivity contribution in [2.24, 2.45) is 7.05 Å². The first-order chi connectivity index (χ1) is 6.52. The van der Waals surface area contributed by atoms with Gasteiger partial charge in [0.2, 0.25) is 0 Å². The fraction of sp³-hybridized carbons (Fsp3) is 0.700. The fourth-order valence-electron chi connectivity index (χ4n) is 2.31. The molecule has 0 aromatic carbocycles. The minimum atomic E-state index is 0.177. The Morgan fingerprint density at radius 1 is 1.64 bits per heavy atom. The molecule has 1 atom stereocenters. The van der Waals surface area contributed by atoms with Crippen LogP contribution < -0.4 is 5.32 Å². The van der Waals surface area contributed by atoms with E-state index in [0.29, 0.717) is 5.92 Å². The largest absolute Gasteiger partial charge is 0.311 e. The molecule has 1 aromatic rings. The van der Waals surface area contributed by atoms with Crippen molar-refractivity contribution < 1.29 is 0 Å². The average molecular weight is 258 g/mol. The molecule has 1 N–H and O–H groups in total. The van der Waals surface area contributed by atoms with E-state index in [0.717, 1.165) is 11.0 Å². The molecule has 2 rings (SSSR count). The third-order valence-corrected chi connectivity index (χ3v) is 3.76. The normalized spacial score (nSPS) is 25.6. The lowest BCUT2D eigenvalue weighted by atomic mass is 9.86. The summed E-state index contributed by atoms with van der Waals surface area (Å²) < 4.78 is 3.10. The van der Waals surface area contributed by atoms with Crippen LogP contribution in [0.5, 0.6) is 0 Å². The molecule has 1 fully saturated rings. The van der Waals surface area contributed by atoms with Gasteiger partial charge in [-0.15, -0.1) is 0 Å². The summed E-state index contributed by atoms with van der Waals surface area (Å²) in [5.41, 5.74) is 1.48. The van der Waals surface area contributed by atoms with Gasteiger partial charge in [-0.3, -0.25) is 4.68 Å². The van der Waals surface area contributed by atoms with Crippen LogP contribution in [0.15, 0.2) is 10.7 Å². The van der Waals surface area contributed by atoms with Crippen molar-refractivity contribution in [2.45, 2.75) is 31.7 Å². The van der Waals surface area contributed by atoms with Crippen molar-refractivity contribution in [2.75, 3.05) is 6.54 Å². The van der Waals surface area contributed by atoms with Crippen molar-refractivity contribution in [3.63, 3.8) is 0 Å². The first-order valence-corrected chi connectivity index (χ1v) is 5.74. The Morgan fingerprint density at radius 3 is 2.79 bits per heavy atom. The Morgan fingerprint density at radius 2 is 2.36 bits per heavy atom. The number of aromatic nitrogens is 2. The first-order valence-electron chi connectivity index (χ1n) is 4.95. The van der Waals surface area contributed by atoms with E-state index in [1.165, 1.54) is 12.1 Å². The Hall–Kier alpha value is -0.350. The van der Waals surface area contributed by atoms with Crippen LogP contribution in [0.4, 0.5) is 0 Å². The molecule has 3 nitrogen and oxygen atoms in total. The van der Waals surface area contributed by atoms with Gasteiger partial charge in [0.15, 0.2) is 0 Å². The molecule has 0 spiro atoms. The van der Waals surface area contributed by atoms with Gasteiger partial charge in [0.1, 0.15) is 0 Å². The number of nitrogens with zero attached hydrogens (tertiary/aromatic N) is 2. The monoisotopic (exact) mass is 257 g/mol. The second-order valence-electron chi connectivity index (χ2n) is 4.49. The molecule has 1 saturated heterocycles. The number of halogens is 1. The molecule has 1 aliphatic rings. The Bertz CT molecular complexity index is 324. The van der Waals surface area contributed by atoms with Crippen LogP contribution in [0, 0.1) is 0 Å². The molecule has 0 bridgehead atoms. The molecule has 0 aliphatic carbocycles. The van der Waals surface area contributed by atoms with Crippen LogP contribution in [-0.2, 0) is 7.05 Å². The Labute approximate surface area is 93.0 Å². The van der Waals surface area contributed by atoms with Gasteiger partial charge in [-0.1, -0.05) is 0 Å². The van der Waals surface area contributed by atoms with Crippen molar-refractivity contribution >= 4 is 15.9 Å². The van der Waals surface area contributed by atoms with Gasteiger partial charge in [-0.2, -0.15) is 5.10 Å². The minimum absolute atomic E-state index is 0.177. The van der Waals surface area contributed by atoms with E-state index in [1.54, 1.807) is 0 Å². The predicted molar refractivity (Wildman–Crippen MR) is 60.3 cm³/mol. The molecule has 0 amide bonds. The van der Waals surface area contributed by atoms with Crippen LogP contribution in [-0.4, -0.2) is 21.9 Å². The van der Waals surface area contributed by atoms with Gasteiger partial charge in [-0.25, -0.2) is 0 Å². The highest BCUT2D eigenvalue weighted by molar-refractivity contribution is 9.10. The maximum absolute atomic E-state index is 4.27. The quantitative estimate of drug-likeness (QED) is 0.835. The topological polar surface area (TPSA) is 29.9 Å². The molecule has 78 valence electrons. The Balaban J connectivity index is 2.40. The summed E-state index contributed by atoms with van der Waals surface area (Å²) in [7, 11) is 2.01. The smallest absolute Gasteiger partial charge is 0.0635 e. The van der Waals surface area contributed by atoms with Crippen LogP contribution in [0.1, 0.15) is 31.9 Å². The third kappa shape index (κ3) is 1.50. The summed E-state index contributed by atoms with van der Waals surface area (Å²) in [5.74, 6) is 0.546. The third-order valence-electron chi connectivity index (χ3n) is 3.15. The Kier molecular flexibility index (Phi) is 2.43. The summed E-state index contributed by atoms with van der Waals surface area (Å²) in [4.78, 5) is 0. The molecule has 2 heterocycles. The number of hydrogen-bond donors (Lipinski definition) is 1. The highest BCUT2D eigenvalue weighted by Gasteiger charge is 2.37. The molecule has 1 aliphatic heterocycles. The number of hydrogen-bond acceptors (Lipinski definition) is 2. The summed E-state index contributed by atoms with van der Waals surface area (Å²) in [6, 6.07) is 0. The van der Waals surface area contributed by atoms with Crippen LogP contribution >= 0.6 is 15.9 Å². The van der Waals surface area contributed by atoms with Crippen LogP contribution in [0.2, 0.25) is 0 Å². The lowest BCUT2D eigenvalue weighted by Gasteiger charge is -2.27. The highest BCUT2D eigenvalue weighted by Crippen LogP contribution is 2.38. The predicted octanol–water partition coefficient (Wildman–Crippen LogP) is 2.04. The lowest BCUT2D eigenvalue weighted by Crippen LogP contribution is -2.37. The van der Waals surface area contributed by atoms with E-state index < -0.39 is 0 Å². The van der Waals surface area contributed by atoms with Gasteiger partial charge in [-0.05, 0) is 42.7 Å². The second kappa shape index (κ2) is 3.35. The minimum Gasteiger partial charge on any atom is -0.311 e. The second-order valence-corrected chi connectivity index (χ2v) is 5.35. The lowest BCUT2D eigenvalue weighted by molar-refractivity contribution is 0.394. The van der Waals surface area contributed by atoms with Crippen molar-refractivity contribution in [3.8, 4) is 0 Å². The van der Waals surface area contributed by atoms with Crippen LogP contribution in [0.3, 0.4) is 0 Å². The van der Waals surface area contributed by atoms with Crippen molar-refractivity contribution in [3.05, 3.63) is 16.4 Å². The van der Waals surface area contributed by atoms with E-state index in [-0.39, 0.29) is 5.54 Å². The van der Waals surface area contributed by atoms with Gasteiger partial charge in [0.25, 0.3) is 0 Å². The van der Waals surface area contributed by atoms with Crippen molar-refractivity contribution in [1.82, 2.24) is 15.1 Å². The summed E-state index contributed by atoms with van der Waals surface area (Å²) in [5, 5.41) is 7.80. The van der Waals surface area contributed by atoms with E-state index in [9.17, 15) is 0 Å².